The Balaban J connectivity index is 0.000000188. The summed E-state index contributed by atoms with van der Waals surface area (Å²) in [5.41, 5.74) is 0. The molecule has 84 valence electrons. The molecule has 0 radical (unpaired) electrons. The monoisotopic (exact) mass is 210 g/mol. The van der Waals surface area contributed by atoms with Gasteiger partial charge < -0.3 is 10.2 Å². The van der Waals surface area contributed by atoms with Crippen LogP contribution in [0.25, 0.3) is 0 Å². The molecule has 0 aliphatic heterocycles. The fourth-order valence-electron chi connectivity index (χ4n) is 3.54. The van der Waals surface area contributed by atoms with E-state index in [1.807, 2.05) is 6.08 Å². The van der Waals surface area contributed by atoms with Crippen molar-refractivity contribution in [3.05, 3.63) is 12.2 Å². The van der Waals surface area contributed by atoms with Crippen molar-refractivity contribution >= 4 is 5.97 Å². The molecule has 0 heterocycles. The van der Waals surface area contributed by atoms with E-state index < -0.39 is 5.97 Å². The van der Waals surface area contributed by atoms with Gasteiger partial charge in [0.1, 0.15) is 0 Å². The number of aliphatic hydroxyl groups excluding tert-OH is 1. The van der Waals surface area contributed by atoms with Crippen LogP contribution in [0.15, 0.2) is 12.2 Å². The first kappa shape index (κ1) is 10.7. The molecule has 0 aromatic rings. The van der Waals surface area contributed by atoms with Crippen molar-refractivity contribution in [2.24, 2.45) is 23.7 Å². The molecular formula is C12H18O3. The van der Waals surface area contributed by atoms with Crippen LogP contribution in [-0.2, 0) is 4.79 Å². The highest BCUT2D eigenvalue weighted by molar-refractivity contribution is 5.62. The molecule has 3 heteroatoms. The number of carboxylic acids is 1. The van der Waals surface area contributed by atoms with E-state index in [1.54, 1.807) is 0 Å². The Kier molecular flexibility index (Phi) is 2.83. The summed E-state index contributed by atoms with van der Waals surface area (Å²) in [6, 6.07) is 0. The van der Waals surface area contributed by atoms with Crippen LogP contribution >= 0.6 is 0 Å². The standard InChI is InChI=1S/C10H14O.C2H4O2/c11-9-4-3-8-6-1-2-7(5-6)10(8)9;1-2(3)4/h3-4,6-11H,1-2,5H2;1H3,(H,3,4). The average molecular weight is 210 g/mol. The normalized spacial score (nSPS) is 44.8. The van der Waals surface area contributed by atoms with E-state index in [0.29, 0.717) is 5.92 Å². The Morgan fingerprint density at radius 2 is 1.87 bits per heavy atom. The summed E-state index contributed by atoms with van der Waals surface area (Å²) in [5, 5.41) is 17.1. The molecule has 15 heavy (non-hydrogen) atoms. The number of hydrogen-bond donors (Lipinski definition) is 2. The molecule has 5 unspecified atom stereocenters. The van der Waals surface area contributed by atoms with Crippen LogP contribution in [0.5, 0.6) is 0 Å². The molecule has 2 saturated carbocycles. The van der Waals surface area contributed by atoms with Gasteiger partial charge in [0, 0.05) is 6.92 Å². The first-order valence-electron chi connectivity index (χ1n) is 5.65. The van der Waals surface area contributed by atoms with Gasteiger partial charge in [0.2, 0.25) is 0 Å². The lowest BCUT2D eigenvalue weighted by atomic mass is 9.80. The number of carboxylic acid groups (broad SMARTS) is 1. The highest BCUT2D eigenvalue weighted by atomic mass is 16.4. The van der Waals surface area contributed by atoms with E-state index in [-0.39, 0.29) is 6.10 Å². The molecular weight excluding hydrogens is 192 g/mol. The summed E-state index contributed by atoms with van der Waals surface area (Å²) < 4.78 is 0. The predicted molar refractivity (Wildman–Crippen MR) is 56.3 cm³/mol. The Hall–Kier alpha value is -0.830. The van der Waals surface area contributed by atoms with Gasteiger partial charge in [-0.25, -0.2) is 0 Å². The van der Waals surface area contributed by atoms with Gasteiger partial charge in [0.25, 0.3) is 5.97 Å². The third kappa shape index (κ3) is 1.93. The maximum atomic E-state index is 9.63. The second kappa shape index (κ2) is 3.97. The van der Waals surface area contributed by atoms with E-state index >= 15 is 0 Å². The molecule has 3 rings (SSSR count). The summed E-state index contributed by atoms with van der Waals surface area (Å²) in [4.78, 5) is 9.00. The van der Waals surface area contributed by atoms with Crippen molar-refractivity contribution in [1.29, 1.82) is 0 Å². The minimum Gasteiger partial charge on any atom is -0.481 e. The number of aliphatic hydroxyl groups is 1. The van der Waals surface area contributed by atoms with Gasteiger partial charge in [0.05, 0.1) is 6.10 Å². The third-order valence-electron chi connectivity index (χ3n) is 3.97. The van der Waals surface area contributed by atoms with Gasteiger partial charge in [-0.1, -0.05) is 12.2 Å². The molecule has 0 aromatic carbocycles. The second-order valence-electron chi connectivity index (χ2n) is 4.88. The molecule has 2 fully saturated rings. The van der Waals surface area contributed by atoms with E-state index in [0.717, 1.165) is 24.7 Å². The first-order valence-corrected chi connectivity index (χ1v) is 5.65. The number of allylic oxidation sites excluding steroid dienone is 1. The number of fused-ring (bicyclic) bond motifs is 5. The number of hydrogen-bond acceptors (Lipinski definition) is 2. The fraction of sp³-hybridized carbons (Fsp3) is 0.750. The summed E-state index contributed by atoms with van der Waals surface area (Å²) in [7, 11) is 0. The quantitative estimate of drug-likeness (QED) is 0.598. The smallest absolute Gasteiger partial charge is 0.300 e. The Morgan fingerprint density at radius 1 is 1.27 bits per heavy atom. The molecule has 2 bridgehead atoms. The Labute approximate surface area is 89.8 Å². The maximum Gasteiger partial charge on any atom is 0.300 e. The molecule has 0 spiro atoms. The SMILES string of the molecule is CC(=O)O.OC1C=CC2C3CCC(C3)C12. The van der Waals surface area contributed by atoms with Crippen LogP contribution in [0, 0.1) is 23.7 Å². The van der Waals surface area contributed by atoms with E-state index in [9.17, 15) is 5.11 Å². The molecule has 0 saturated heterocycles. The highest BCUT2D eigenvalue weighted by Crippen LogP contribution is 2.56. The van der Waals surface area contributed by atoms with Crippen molar-refractivity contribution in [2.75, 3.05) is 0 Å². The molecule has 2 N–H and O–H groups in total. The number of rotatable bonds is 0. The second-order valence-corrected chi connectivity index (χ2v) is 4.88. The molecule has 5 atom stereocenters. The molecule has 3 nitrogen and oxygen atoms in total. The largest absolute Gasteiger partial charge is 0.481 e. The summed E-state index contributed by atoms with van der Waals surface area (Å²) in [6.07, 6.45) is 8.37. The molecule has 3 aliphatic carbocycles. The van der Waals surface area contributed by atoms with Crippen molar-refractivity contribution in [3.63, 3.8) is 0 Å². The van der Waals surface area contributed by atoms with Crippen molar-refractivity contribution in [2.45, 2.75) is 32.3 Å². The Bertz CT molecular complexity index is 281. The van der Waals surface area contributed by atoms with Crippen LogP contribution in [0.4, 0.5) is 0 Å². The van der Waals surface area contributed by atoms with Crippen LogP contribution in [0.1, 0.15) is 26.2 Å². The van der Waals surface area contributed by atoms with Gasteiger partial charge in [-0.3, -0.25) is 4.79 Å². The topological polar surface area (TPSA) is 57.5 Å². The molecule has 0 aromatic heterocycles. The Morgan fingerprint density at radius 3 is 2.47 bits per heavy atom. The van der Waals surface area contributed by atoms with Gasteiger partial charge in [-0.15, -0.1) is 0 Å². The highest BCUT2D eigenvalue weighted by Gasteiger charge is 2.50. The van der Waals surface area contributed by atoms with Crippen LogP contribution < -0.4 is 0 Å². The lowest BCUT2D eigenvalue weighted by Gasteiger charge is -2.26. The van der Waals surface area contributed by atoms with Crippen molar-refractivity contribution in [3.8, 4) is 0 Å². The van der Waals surface area contributed by atoms with Gasteiger partial charge in [-0.05, 0) is 42.9 Å². The predicted octanol–water partition coefficient (Wildman–Crippen LogP) is 1.67. The van der Waals surface area contributed by atoms with Gasteiger partial charge >= 0.3 is 0 Å². The van der Waals surface area contributed by atoms with Crippen LogP contribution in [-0.4, -0.2) is 22.3 Å². The lowest BCUT2D eigenvalue weighted by Crippen LogP contribution is -2.25. The van der Waals surface area contributed by atoms with Gasteiger partial charge in [-0.2, -0.15) is 0 Å². The summed E-state index contributed by atoms with van der Waals surface area (Å²) in [6.45, 7) is 1.08. The third-order valence-corrected chi connectivity index (χ3v) is 3.97. The zero-order valence-corrected chi connectivity index (χ0v) is 8.97. The summed E-state index contributed by atoms with van der Waals surface area (Å²) in [5.74, 6) is 2.32. The molecule has 0 amide bonds. The average Bonchev–Trinajstić information content (AvgIpc) is 2.76. The zero-order chi connectivity index (χ0) is 11.0. The first-order chi connectivity index (χ1) is 7.09. The summed E-state index contributed by atoms with van der Waals surface area (Å²) >= 11 is 0. The van der Waals surface area contributed by atoms with Crippen molar-refractivity contribution < 1.29 is 15.0 Å². The van der Waals surface area contributed by atoms with Crippen LogP contribution in [0.2, 0.25) is 0 Å². The zero-order valence-electron chi connectivity index (χ0n) is 8.97. The maximum absolute atomic E-state index is 9.63. The van der Waals surface area contributed by atoms with E-state index in [4.69, 9.17) is 9.90 Å². The lowest BCUT2D eigenvalue weighted by molar-refractivity contribution is -0.134. The van der Waals surface area contributed by atoms with Crippen molar-refractivity contribution in [1.82, 2.24) is 0 Å². The fourth-order valence-corrected chi connectivity index (χ4v) is 3.54. The number of aliphatic carboxylic acids is 1. The van der Waals surface area contributed by atoms with E-state index in [2.05, 4.69) is 6.08 Å². The minimum absolute atomic E-state index is 0.102. The van der Waals surface area contributed by atoms with E-state index in [1.165, 1.54) is 19.3 Å². The number of carbonyl (C=O) groups is 1. The molecule has 3 aliphatic rings. The van der Waals surface area contributed by atoms with Crippen LogP contribution in [0.3, 0.4) is 0 Å². The van der Waals surface area contributed by atoms with Gasteiger partial charge in [0.15, 0.2) is 0 Å². The minimum atomic E-state index is -0.833.